The Balaban J connectivity index is 4.15. The molecule has 2 atom stereocenters. The lowest BCUT2D eigenvalue weighted by Crippen LogP contribution is -2.43. The number of nitrogens with one attached hydrogen (secondary N) is 1. The van der Waals surface area contributed by atoms with E-state index in [1.807, 2.05) is 7.05 Å². The minimum Gasteiger partial charge on any atom is -0.389 e. The van der Waals surface area contributed by atoms with Gasteiger partial charge in [-0.25, -0.2) is 0 Å². The van der Waals surface area contributed by atoms with Crippen molar-refractivity contribution in [2.24, 2.45) is 5.41 Å². The average molecular weight is 246 g/mol. The molecule has 0 saturated carbocycles. The van der Waals surface area contributed by atoms with Gasteiger partial charge in [-0.3, -0.25) is 0 Å². The highest BCUT2D eigenvalue weighted by Gasteiger charge is 2.25. The number of hydrogen-bond donors (Lipinski definition) is 2. The van der Waals surface area contributed by atoms with Crippen LogP contribution in [0.4, 0.5) is 0 Å². The summed E-state index contributed by atoms with van der Waals surface area (Å²) in [5, 5.41) is 13.0. The van der Waals surface area contributed by atoms with Gasteiger partial charge in [0.15, 0.2) is 0 Å². The van der Waals surface area contributed by atoms with Crippen LogP contribution in [0.5, 0.6) is 0 Å². The van der Waals surface area contributed by atoms with Gasteiger partial charge >= 0.3 is 0 Å². The smallest absolute Gasteiger partial charge is 0.0899 e. The second-order valence-electron chi connectivity index (χ2n) is 5.40. The van der Waals surface area contributed by atoms with E-state index in [1.54, 1.807) is 7.11 Å². The molecule has 4 nitrogen and oxygen atoms in total. The van der Waals surface area contributed by atoms with E-state index < -0.39 is 6.10 Å². The summed E-state index contributed by atoms with van der Waals surface area (Å²) in [6.45, 7) is 7.58. The molecule has 2 unspecified atom stereocenters. The molecule has 0 spiro atoms. The van der Waals surface area contributed by atoms with Crippen molar-refractivity contribution in [3.63, 3.8) is 0 Å². The Morgan fingerprint density at radius 2 is 2.12 bits per heavy atom. The van der Waals surface area contributed by atoms with Crippen molar-refractivity contribution in [2.45, 2.75) is 32.8 Å². The molecule has 0 amide bonds. The molecule has 0 aliphatic rings. The number of aliphatic hydroxyl groups is 1. The maximum atomic E-state index is 9.69. The molecule has 0 aromatic rings. The summed E-state index contributed by atoms with van der Waals surface area (Å²) in [5.41, 5.74) is 0.269. The van der Waals surface area contributed by atoms with Gasteiger partial charge in [-0.15, -0.1) is 0 Å². The molecule has 0 saturated heterocycles. The van der Waals surface area contributed by atoms with Gasteiger partial charge in [0.25, 0.3) is 0 Å². The number of ether oxygens (including phenoxy) is 1. The predicted molar refractivity (Wildman–Crippen MR) is 72.3 cm³/mol. The van der Waals surface area contributed by atoms with Crippen LogP contribution in [0.3, 0.4) is 0 Å². The van der Waals surface area contributed by atoms with Gasteiger partial charge in [-0.05, 0) is 25.9 Å². The van der Waals surface area contributed by atoms with Crippen LogP contribution in [-0.4, -0.2) is 63.6 Å². The van der Waals surface area contributed by atoms with E-state index in [4.69, 9.17) is 4.74 Å². The molecular weight excluding hydrogens is 216 g/mol. The Labute approximate surface area is 106 Å². The lowest BCUT2D eigenvalue weighted by molar-refractivity contribution is 0.0339. The molecule has 0 heterocycles. The molecule has 0 aromatic heterocycles. The number of nitrogens with zero attached hydrogens (tertiary/aromatic N) is 1. The van der Waals surface area contributed by atoms with Gasteiger partial charge in [-0.2, -0.15) is 0 Å². The summed E-state index contributed by atoms with van der Waals surface area (Å²) in [7, 11) is 5.67. The monoisotopic (exact) mass is 246 g/mol. The van der Waals surface area contributed by atoms with Gasteiger partial charge < -0.3 is 20.1 Å². The van der Waals surface area contributed by atoms with Gasteiger partial charge in [0.05, 0.1) is 12.7 Å². The molecule has 0 aromatic carbocycles. The molecule has 2 N–H and O–H groups in total. The van der Waals surface area contributed by atoms with E-state index in [1.165, 1.54) is 12.8 Å². The maximum absolute atomic E-state index is 9.69. The summed E-state index contributed by atoms with van der Waals surface area (Å²) < 4.78 is 4.94. The third kappa shape index (κ3) is 7.71. The Morgan fingerprint density at radius 1 is 1.47 bits per heavy atom. The summed E-state index contributed by atoms with van der Waals surface area (Å²) in [6.07, 6.45) is 1.98. The number of hydrogen-bond acceptors (Lipinski definition) is 4. The average Bonchev–Trinajstić information content (AvgIpc) is 2.17. The molecule has 0 rings (SSSR count). The largest absolute Gasteiger partial charge is 0.389 e. The normalized spacial score (nSPS) is 17.1. The van der Waals surface area contributed by atoms with E-state index in [-0.39, 0.29) is 5.41 Å². The first-order valence-corrected chi connectivity index (χ1v) is 6.47. The topological polar surface area (TPSA) is 44.7 Å². The van der Waals surface area contributed by atoms with Crippen LogP contribution in [0.25, 0.3) is 0 Å². The fraction of sp³-hybridized carbons (Fsp3) is 1.00. The van der Waals surface area contributed by atoms with Crippen molar-refractivity contribution in [1.29, 1.82) is 0 Å². The molecule has 0 bridgehead atoms. The summed E-state index contributed by atoms with van der Waals surface area (Å²) in [5.74, 6) is 0. The summed E-state index contributed by atoms with van der Waals surface area (Å²) >= 11 is 0. The standard InChI is InChI=1S/C13H30N2O2/c1-6-7-13(2,10-14-3)11-15(4)8-12(16)9-17-5/h12,14,16H,6-11H2,1-5H3. The molecule has 17 heavy (non-hydrogen) atoms. The van der Waals surface area contributed by atoms with Crippen molar-refractivity contribution in [2.75, 3.05) is 47.4 Å². The quantitative estimate of drug-likeness (QED) is 0.602. The number of aliphatic hydroxyl groups excluding tert-OH is 1. The Kier molecular flexibility index (Phi) is 8.78. The molecule has 104 valence electrons. The first-order valence-electron chi connectivity index (χ1n) is 6.47. The lowest BCUT2D eigenvalue weighted by Gasteiger charge is -2.34. The molecular formula is C13H30N2O2. The van der Waals surface area contributed by atoms with Crippen LogP contribution in [0.15, 0.2) is 0 Å². The van der Waals surface area contributed by atoms with Crippen molar-refractivity contribution < 1.29 is 9.84 Å². The Morgan fingerprint density at radius 3 is 2.59 bits per heavy atom. The van der Waals surface area contributed by atoms with Crippen LogP contribution in [0.1, 0.15) is 26.7 Å². The van der Waals surface area contributed by atoms with E-state index in [9.17, 15) is 5.11 Å². The van der Waals surface area contributed by atoms with Crippen LogP contribution < -0.4 is 5.32 Å². The van der Waals surface area contributed by atoms with E-state index in [0.717, 1.165) is 13.1 Å². The molecule has 0 radical (unpaired) electrons. The van der Waals surface area contributed by atoms with Crippen molar-refractivity contribution in [1.82, 2.24) is 10.2 Å². The number of likely N-dealkylation sites (N-methyl/N-ethyl adjacent to an activating group) is 1. The van der Waals surface area contributed by atoms with Crippen LogP contribution in [0, 0.1) is 5.41 Å². The fourth-order valence-electron chi connectivity index (χ4n) is 2.57. The minimum absolute atomic E-state index is 0.269. The van der Waals surface area contributed by atoms with E-state index >= 15 is 0 Å². The van der Waals surface area contributed by atoms with Crippen molar-refractivity contribution in [3.05, 3.63) is 0 Å². The van der Waals surface area contributed by atoms with Crippen LogP contribution in [-0.2, 0) is 4.74 Å². The van der Waals surface area contributed by atoms with Crippen LogP contribution in [0.2, 0.25) is 0 Å². The Hall–Kier alpha value is -0.160. The molecule has 0 aliphatic carbocycles. The second-order valence-corrected chi connectivity index (χ2v) is 5.40. The third-order valence-electron chi connectivity index (χ3n) is 2.99. The van der Waals surface area contributed by atoms with E-state index in [2.05, 4.69) is 31.1 Å². The Bertz CT molecular complexity index is 182. The van der Waals surface area contributed by atoms with Crippen molar-refractivity contribution >= 4 is 0 Å². The summed E-state index contributed by atoms with van der Waals surface area (Å²) in [6, 6.07) is 0. The first-order chi connectivity index (χ1) is 7.97. The zero-order valence-electron chi connectivity index (χ0n) is 12.1. The van der Waals surface area contributed by atoms with Crippen molar-refractivity contribution in [3.8, 4) is 0 Å². The number of rotatable bonds is 10. The highest BCUT2D eigenvalue weighted by atomic mass is 16.5. The highest BCUT2D eigenvalue weighted by molar-refractivity contribution is 4.80. The fourth-order valence-corrected chi connectivity index (χ4v) is 2.57. The summed E-state index contributed by atoms with van der Waals surface area (Å²) in [4.78, 5) is 2.19. The van der Waals surface area contributed by atoms with Gasteiger partial charge in [0.1, 0.15) is 0 Å². The van der Waals surface area contributed by atoms with Gasteiger partial charge in [0.2, 0.25) is 0 Å². The number of methoxy groups -OCH3 is 1. The zero-order valence-corrected chi connectivity index (χ0v) is 12.1. The van der Waals surface area contributed by atoms with Gasteiger partial charge in [0, 0.05) is 26.7 Å². The maximum Gasteiger partial charge on any atom is 0.0899 e. The molecule has 0 fully saturated rings. The second kappa shape index (κ2) is 8.86. The minimum atomic E-state index is -0.398. The molecule has 4 heteroatoms. The molecule has 0 aliphatic heterocycles. The zero-order chi connectivity index (χ0) is 13.3. The van der Waals surface area contributed by atoms with E-state index in [0.29, 0.717) is 13.2 Å². The van der Waals surface area contributed by atoms with Gasteiger partial charge in [-0.1, -0.05) is 20.3 Å². The SMILES string of the molecule is CCCC(C)(CNC)CN(C)CC(O)COC. The first kappa shape index (κ1) is 16.8. The lowest BCUT2D eigenvalue weighted by atomic mass is 9.85. The third-order valence-corrected chi connectivity index (χ3v) is 2.99. The predicted octanol–water partition coefficient (Wildman–Crippen LogP) is 0.951. The highest BCUT2D eigenvalue weighted by Crippen LogP contribution is 2.23. The van der Waals surface area contributed by atoms with Crippen LogP contribution >= 0.6 is 0 Å².